The van der Waals surface area contributed by atoms with Crippen LogP contribution in [0, 0.1) is 11.8 Å². The van der Waals surface area contributed by atoms with Gasteiger partial charge in [-0.05, 0) is 121 Å². The van der Waals surface area contributed by atoms with Crippen LogP contribution in [0.1, 0.15) is 72.0 Å². The van der Waals surface area contributed by atoms with Crippen molar-refractivity contribution in [3.8, 4) is 16.9 Å². The largest absolute Gasteiger partial charge is 0.491 e. The number of alkyl halides is 3. The standard InChI is InChI=1S/C45H49BrF3N3O4/c46-38-15-11-35(12-16-38)30-42(53)52(28-23-34-13-17-39(18-14-34)56-44(55)45(47,48)49)31-36-7-4-8-37(29-36)40-9-1-2-10-41(40)43(54)51-26-21-33(22-27-51)6-3-5-32-19-24-50-25-20-32/h1-2,4,7-18,29,32-33,50H,3,5-6,19-28,30-31H2. The number of likely N-dealkylation sites (tertiary alicyclic amines) is 1. The van der Waals surface area contributed by atoms with Crippen molar-refractivity contribution in [2.75, 3.05) is 32.7 Å². The molecule has 2 amide bonds. The number of carbonyl (C=O) groups excluding carboxylic acids is 3. The molecule has 6 rings (SSSR count). The number of nitrogens with one attached hydrogen (secondary N) is 1. The molecule has 0 atom stereocenters. The maximum atomic E-state index is 14.0. The van der Waals surface area contributed by atoms with E-state index in [0.717, 1.165) is 77.2 Å². The molecule has 0 saturated carbocycles. The summed E-state index contributed by atoms with van der Waals surface area (Å²) in [5.41, 5.74) is 4.93. The van der Waals surface area contributed by atoms with Gasteiger partial charge in [-0.15, -0.1) is 0 Å². The van der Waals surface area contributed by atoms with E-state index in [4.69, 9.17) is 0 Å². The maximum Gasteiger partial charge on any atom is 0.491 e. The molecule has 0 aliphatic carbocycles. The van der Waals surface area contributed by atoms with E-state index >= 15 is 0 Å². The molecule has 4 aromatic carbocycles. The third-order valence-corrected chi connectivity index (χ3v) is 11.5. The zero-order valence-electron chi connectivity index (χ0n) is 31.5. The average molecular weight is 833 g/mol. The number of hydrogen-bond acceptors (Lipinski definition) is 5. The fourth-order valence-corrected chi connectivity index (χ4v) is 8.04. The second-order valence-electron chi connectivity index (χ2n) is 15.0. The summed E-state index contributed by atoms with van der Waals surface area (Å²) in [4.78, 5) is 42.8. The Hall–Kier alpha value is -4.48. The molecule has 2 heterocycles. The normalized spacial score (nSPS) is 15.4. The van der Waals surface area contributed by atoms with Crippen LogP contribution in [0.5, 0.6) is 5.75 Å². The van der Waals surface area contributed by atoms with Crippen LogP contribution in [0.4, 0.5) is 13.2 Å². The maximum absolute atomic E-state index is 14.0. The fraction of sp³-hybridized carbons (Fsp3) is 0.400. The van der Waals surface area contributed by atoms with E-state index in [-0.39, 0.29) is 24.0 Å². The highest BCUT2D eigenvalue weighted by Crippen LogP contribution is 2.30. The topological polar surface area (TPSA) is 79.0 Å². The van der Waals surface area contributed by atoms with Gasteiger partial charge in [0.05, 0.1) is 6.42 Å². The summed E-state index contributed by atoms with van der Waals surface area (Å²) in [6, 6.07) is 29.0. The van der Waals surface area contributed by atoms with E-state index in [1.807, 2.05) is 77.7 Å². The molecule has 1 N–H and O–H groups in total. The van der Waals surface area contributed by atoms with Crippen molar-refractivity contribution in [3.05, 3.63) is 124 Å². The van der Waals surface area contributed by atoms with Crippen molar-refractivity contribution in [3.63, 3.8) is 0 Å². The lowest BCUT2D eigenvalue weighted by molar-refractivity contribution is -0.189. The van der Waals surface area contributed by atoms with Crippen LogP contribution in [0.2, 0.25) is 0 Å². The molecule has 296 valence electrons. The summed E-state index contributed by atoms with van der Waals surface area (Å²) in [6.07, 6.45) is 4.00. The summed E-state index contributed by atoms with van der Waals surface area (Å²) in [5.74, 6) is -1.00. The van der Waals surface area contributed by atoms with Crippen molar-refractivity contribution in [1.82, 2.24) is 15.1 Å². The van der Waals surface area contributed by atoms with Gasteiger partial charge in [-0.3, -0.25) is 9.59 Å². The van der Waals surface area contributed by atoms with Crippen molar-refractivity contribution in [2.45, 2.75) is 70.5 Å². The van der Waals surface area contributed by atoms with Gasteiger partial charge in [0.15, 0.2) is 0 Å². The van der Waals surface area contributed by atoms with Crippen LogP contribution in [0.15, 0.2) is 102 Å². The number of rotatable bonds is 14. The number of esters is 1. The van der Waals surface area contributed by atoms with E-state index in [1.54, 1.807) is 17.0 Å². The van der Waals surface area contributed by atoms with Crippen molar-refractivity contribution in [1.29, 1.82) is 0 Å². The van der Waals surface area contributed by atoms with Gasteiger partial charge in [0.25, 0.3) is 5.91 Å². The number of halogens is 4. The molecule has 0 radical (unpaired) electrons. The lowest BCUT2D eigenvalue weighted by atomic mass is 9.87. The lowest BCUT2D eigenvalue weighted by Gasteiger charge is -2.33. The number of benzene rings is 4. The molecular weight excluding hydrogens is 783 g/mol. The molecule has 0 unspecified atom stereocenters. The minimum Gasteiger partial charge on any atom is -0.420 e. The van der Waals surface area contributed by atoms with Crippen LogP contribution in [-0.4, -0.2) is 66.5 Å². The highest BCUT2D eigenvalue weighted by molar-refractivity contribution is 9.10. The molecule has 4 aromatic rings. The third-order valence-electron chi connectivity index (χ3n) is 11.0. The van der Waals surface area contributed by atoms with Crippen LogP contribution in [0.25, 0.3) is 11.1 Å². The zero-order chi connectivity index (χ0) is 39.5. The molecule has 0 aromatic heterocycles. The zero-order valence-corrected chi connectivity index (χ0v) is 33.1. The highest BCUT2D eigenvalue weighted by Gasteiger charge is 2.41. The molecule has 0 spiro atoms. The molecular formula is C45H49BrF3N3O4. The van der Waals surface area contributed by atoms with Gasteiger partial charge in [0.1, 0.15) is 5.75 Å². The first-order chi connectivity index (χ1) is 27.0. The molecule has 7 nitrogen and oxygen atoms in total. The second kappa shape index (κ2) is 19.6. The molecule has 2 saturated heterocycles. The van der Waals surface area contributed by atoms with Crippen molar-refractivity contribution >= 4 is 33.7 Å². The Balaban J connectivity index is 1.11. The van der Waals surface area contributed by atoms with E-state index in [9.17, 15) is 27.6 Å². The molecule has 2 fully saturated rings. The SMILES string of the molecule is O=C(Cc1ccc(Br)cc1)N(CCc1ccc(OC(=O)C(F)(F)F)cc1)Cc1cccc(-c2ccccc2C(=O)N2CCC(CCCC3CCNCC3)CC2)c1. The highest BCUT2D eigenvalue weighted by atomic mass is 79.9. The first-order valence-electron chi connectivity index (χ1n) is 19.6. The third kappa shape index (κ3) is 11.8. The number of piperidine rings is 2. The fourth-order valence-electron chi connectivity index (χ4n) is 7.77. The van der Waals surface area contributed by atoms with Crippen molar-refractivity contribution < 1.29 is 32.3 Å². The molecule has 56 heavy (non-hydrogen) atoms. The van der Waals surface area contributed by atoms with Crippen molar-refractivity contribution in [2.24, 2.45) is 11.8 Å². The minimum atomic E-state index is -5.09. The van der Waals surface area contributed by atoms with Gasteiger partial charge in [-0.1, -0.05) is 95.9 Å². The molecule has 2 aliphatic heterocycles. The summed E-state index contributed by atoms with van der Waals surface area (Å²) in [5, 5.41) is 3.45. The minimum absolute atomic E-state index is 0.0460. The predicted molar refractivity (Wildman–Crippen MR) is 215 cm³/mol. The van der Waals surface area contributed by atoms with Gasteiger partial charge in [0, 0.05) is 36.2 Å². The average Bonchev–Trinajstić information content (AvgIpc) is 3.21. The Bertz CT molecular complexity index is 1920. The molecule has 11 heteroatoms. The Morgan fingerprint density at radius 1 is 0.786 bits per heavy atom. The van der Waals surface area contributed by atoms with Gasteiger partial charge in [-0.2, -0.15) is 13.2 Å². The Labute approximate surface area is 335 Å². The molecule has 2 aliphatic rings. The van der Waals surface area contributed by atoms with Gasteiger partial charge in [-0.25, -0.2) is 4.79 Å². The predicted octanol–water partition coefficient (Wildman–Crippen LogP) is 9.42. The Morgan fingerprint density at radius 2 is 1.45 bits per heavy atom. The molecule has 0 bridgehead atoms. The quantitative estimate of drug-likeness (QED) is 0.101. The first-order valence-corrected chi connectivity index (χ1v) is 20.4. The second-order valence-corrected chi connectivity index (χ2v) is 15.9. The van der Waals surface area contributed by atoms with E-state index < -0.39 is 12.1 Å². The summed E-state index contributed by atoms with van der Waals surface area (Å²) in [6.45, 7) is 4.47. The van der Waals surface area contributed by atoms with Crippen LogP contribution < -0.4 is 10.1 Å². The number of amides is 2. The number of nitrogens with zero attached hydrogens (tertiary/aromatic N) is 2. The monoisotopic (exact) mass is 831 g/mol. The lowest BCUT2D eigenvalue weighted by Crippen LogP contribution is -2.38. The summed E-state index contributed by atoms with van der Waals surface area (Å²) in [7, 11) is 0. The van der Waals surface area contributed by atoms with Gasteiger partial charge < -0.3 is 19.9 Å². The Morgan fingerprint density at radius 3 is 2.14 bits per heavy atom. The number of hydrogen-bond donors (Lipinski definition) is 1. The van der Waals surface area contributed by atoms with E-state index in [1.165, 1.54) is 44.2 Å². The summed E-state index contributed by atoms with van der Waals surface area (Å²) >= 11 is 3.44. The van der Waals surface area contributed by atoms with Crippen LogP contribution >= 0.6 is 15.9 Å². The summed E-state index contributed by atoms with van der Waals surface area (Å²) < 4.78 is 43.3. The van der Waals surface area contributed by atoms with Crippen LogP contribution in [0.3, 0.4) is 0 Å². The Kier molecular flexibility index (Phi) is 14.4. The smallest absolute Gasteiger partial charge is 0.420 e. The van der Waals surface area contributed by atoms with Gasteiger partial charge in [0.2, 0.25) is 5.91 Å². The number of carbonyl (C=O) groups is 3. The van der Waals surface area contributed by atoms with E-state index in [0.29, 0.717) is 31.0 Å². The van der Waals surface area contributed by atoms with Crippen LogP contribution in [-0.2, 0) is 29.0 Å². The number of ether oxygens (including phenoxy) is 1. The van der Waals surface area contributed by atoms with Gasteiger partial charge >= 0.3 is 12.1 Å². The van der Waals surface area contributed by atoms with E-state index in [2.05, 4.69) is 26.0 Å². The first kappa shape index (κ1) is 41.2.